The molecule has 2 rings (SSSR count). The lowest BCUT2D eigenvalue weighted by atomic mass is 10.1. The van der Waals surface area contributed by atoms with E-state index in [0.29, 0.717) is 5.56 Å². The van der Waals surface area contributed by atoms with Gasteiger partial charge < -0.3 is 5.32 Å². The molecule has 1 amide bonds. The highest BCUT2D eigenvalue weighted by Crippen LogP contribution is 2.16. The second-order valence-electron chi connectivity index (χ2n) is 4.40. The minimum absolute atomic E-state index is 0.227. The van der Waals surface area contributed by atoms with Gasteiger partial charge in [0.1, 0.15) is 0 Å². The number of benzene rings is 2. The lowest BCUT2D eigenvalue weighted by Crippen LogP contribution is -2.13. The molecule has 0 spiro atoms. The molecule has 0 bridgehead atoms. The first-order valence-corrected chi connectivity index (χ1v) is 5.81. The number of aryl methyl sites for hydroxylation is 2. The van der Waals surface area contributed by atoms with Crippen molar-refractivity contribution in [1.82, 2.24) is 0 Å². The van der Waals surface area contributed by atoms with Crippen LogP contribution in [0.1, 0.15) is 21.5 Å². The third-order valence-electron chi connectivity index (χ3n) is 2.82. The summed E-state index contributed by atoms with van der Waals surface area (Å²) in [7, 11) is 0. The normalized spacial score (nSPS) is 10.3. The number of hydrogen-bond acceptors (Lipinski definition) is 1. The lowest BCUT2D eigenvalue weighted by molar-refractivity contribution is 0.102. The Hall–Kier alpha value is -2.23. The molecule has 0 fully saturated rings. The Balaban J connectivity index is 2.25. The van der Waals surface area contributed by atoms with E-state index in [1.54, 1.807) is 6.07 Å². The van der Waals surface area contributed by atoms with E-state index in [9.17, 15) is 13.6 Å². The fraction of sp³-hybridized carbons (Fsp3) is 0.133. The minimum atomic E-state index is -0.987. The van der Waals surface area contributed by atoms with Gasteiger partial charge in [-0.3, -0.25) is 4.79 Å². The van der Waals surface area contributed by atoms with E-state index in [4.69, 9.17) is 0 Å². The lowest BCUT2D eigenvalue weighted by Gasteiger charge is -2.08. The summed E-state index contributed by atoms with van der Waals surface area (Å²) in [6, 6.07) is 8.76. The average Bonchev–Trinajstić information content (AvgIpc) is 2.36. The molecule has 0 aliphatic heterocycles. The van der Waals surface area contributed by atoms with Crippen LogP contribution in [0.3, 0.4) is 0 Å². The summed E-state index contributed by atoms with van der Waals surface area (Å²) in [4.78, 5) is 12.1. The highest BCUT2D eigenvalue weighted by atomic mass is 19.2. The third-order valence-corrected chi connectivity index (χ3v) is 2.82. The summed E-state index contributed by atoms with van der Waals surface area (Å²) in [5, 5.41) is 2.55. The van der Waals surface area contributed by atoms with Crippen LogP contribution in [0.5, 0.6) is 0 Å². The Bertz CT molecular complexity index is 638. The summed E-state index contributed by atoms with van der Waals surface area (Å²) >= 11 is 0. The van der Waals surface area contributed by atoms with E-state index in [1.807, 2.05) is 26.0 Å². The smallest absolute Gasteiger partial charge is 0.255 e. The number of rotatable bonds is 2. The molecule has 4 heteroatoms. The molecule has 98 valence electrons. The van der Waals surface area contributed by atoms with Gasteiger partial charge in [-0.05, 0) is 37.6 Å². The molecule has 0 atom stereocenters. The van der Waals surface area contributed by atoms with Crippen LogP contribution in [0.4, 0.5) is 14.5 Å². The monoisotopic (exact) mass is 261 g/mol. The van der Waals surface area contributed by atoms with Gasteiger partial charge in [0.15, 0.2) is 11.6 Å². The SMILES string of the molecule is Cc1ccc(C)c(C(=O)Nc2ccc(F)c(F)c2)c1. The van der Waals surface area contributed by atoms with Crippen LogP contribution >= 0.6 is 0 Å². The number of carbonyl (C=O) groups is 1. The molecule has 19 heavy (non-hydrogen) atoms. The zero-order valence-corrected chi connectivity index (χ0v) is 10.6. The van der Waals surface area contributed by atoms with Crippen molar-refractivity contribution in [1.29, 1.82) is 0 Å². The summed E-state index contributed by atoms with van der Waals surface area (Å²) in [5.74, 6) is -2.27. The van der Waals surface area contributed by atoms with Crippen LogP contribution in [-0.2, 0) is 0 Å². The molecule has 0 saturated carbocycles. The Kier molecular flexibility index (Phi) is 3.60. The van der Waals surface area contributed by atoms with Crippen molar-refractivity contribution in [2.75, 3.05) is 5.32 Å². The van der Waals surface area contributed by atoms with Crippen molar-refractivity contribution in [3.8, 4) is 0 Å². The average molecular weight is 261 g/mol. The summed E-state index contributed by atoms with van der Waals surface area (Å²) < 4.78 is 25.8. The number of hydrogen-bond donors (Lipinski definition) is 1. The fourth-order valence-corrected chi connectivity index (χ4v) is 1.75. The fourth-order valence-electron chi connectivity index (χ4n) is 1.75. The van der Waals surface area contributed by atoms with Gasteiger partial charge in [-0.15, -0.1) is 0 Å². The van der Waals surface area contributed by atoms with Crippen LogP contribution < -0.4 is 5.32 Å². The highest BCUT2D eigenvalue weighted by Gasteiger charge is 2.10. The molecular formula is C15H13F2NO. The van der Waals surface area contributed by atoms with Gasteiger partial charge in [-0.2, -0.15) is 0 Å². The summed E-state index contributed by atoms with van der Waals surface area (Å²) in [5.41, 5.74) is 2.53. The summed E-state index contributed by atoms with van der Waals surface area (Å²) in [6.45, 7) is 3.70. The molecule has 0 unspecified atom stereocenters. The maximum absolute atomic E-state index is 13.0. The number of nitrogens with one attached hydrogen (secondary N) is 1. The zero-order chi connectivity index (χ0) is 14.0. The number of amides is 1. The van der Waals surface area contributed by atoms with E-state index >= 15 is 0 Å². The third kappa shape index (κ3) is 2.96. The van der Waals surface area contributed by atoms with Crippen molar-refractivity contribution < 1.29 is 13.6 Å². The molecule has 0 radical (unpaired) electrons. The van der Waals surface area contributed by atoms with Crippen LogP contribution in [0, 0.1) is 25.5 Å². The quantitative estimate of drug-likeness (QED) is 0.874. The van der Waals surface area contributed by atoms with Crippen molar-refractivity contribution >= 4 is 11.6 Å². The largest absolute Gasteiger partial charge is 0.322 e. The Morgan fingerprint density at radius 2 is 1.74 bits per heavy atom. The van der Waals surface area contributed by atoms with Gasteiger partial charge in [0.2, 0.25) is 0 Å². The molecule has 0 aliphatic carbocycles. The van der Waals surface area contributed by atoms with Crippen molar-refractivity contribution in [2.45, 2.75) is 13.8 Å². The second kappa shape index (κ2) is 5.18. The first-order chi connectivity index (χ1) is 8.97. The molecule has 0 aromatic heterocycles. The molecule has 0 aliphatic rings. The predicted molar refractivity (Wildman–Crippen MR) is 70.2 cm³/mol. The molecule has 2 aromatic rings. The van der Waals surface area contributed by atoms with Crippen LogP contribution in [0.2, 0.25) is 0 Å². The molecule has 2 nitrogen and oxygen atoms in total. The van der Waals surface area contributed by atoms with E-state index < -0.39 is 11.6 Å². The zero-order valence-electron chi connectivity index (χ0n) is 10.6. The molecule has 0 heterocycles. The maximum atomic E-state index is 13.0. The van der Waals surface area contributed by atoms with E-state index in [1.165, 1.54) is 6.07 Å². The van der Waals surface area contributed by atoms with E-state index in [2.05, 4.69) is 5.32 Å². The predicted octanol–water partition coefficient (Wildman–Crippen LogP) is 3.83. The van der Waals surface area contributed by atoms with Gasteiger partial charge in [0, 0.05) is 17.3 Å². The standard InChI is InChI=1S/C15H13F2NO/c1-9-3-4-10(2)12(7-9)15(19)18-11-5-6-13(16)14(17)8-11/h3-8H,1-2H3,(H,18,19). The Morgan fingerprint density at radius 3 is 2.42 bits per heavy atom. The van der Waals surface area contributed by atoms with Gasteiger partial charge >= 0.3 is 0 Å². The number of halogens is 2. The Labute approximate surface area is 110 Å². The first-order valence-electron chi connectivity index (χ1n) is 5.81. The van der Waals surface area contributed by atoms with Gasteiger partial charge in [-0.1, -0.05) is 17.7 Å². The van der Waals surface area contributed by atoms with E-state index in [-0.39, 0.29) is 11.6 Å². The van der Waals surface area contributed by atoms with Crippen molar-refractivity contribution in [2.24, 2.45) is 0 Å². The topological polar surface area (TPSA) is 29.1 Å². The first kappa shape index (κ1) is 13.2. The minimum Gasteiger partial charge on any atom is -0.322 e. The number of anilines is 1. The molecular weight excluding hydrogens is 248 g/mol. The van der Waals surface area contributed by atoms with Crippen LogP contribution in [0.15, 0.2) is 36.4 Å². The van der Waals surface area contributed by atoms with Crippen molar-refractivity contribution in [3.63, 3.8) is 0 Å². The second-order valence-corrected chi connectivity index (χ2v) is 4.40. The molecule has 2 aromatic carbocycles. The van der Waals surface area contributed by atoms with Crippen LogP contribution in [0.25, 0.3) is 0 Å². The van der Waals surface area contributed by atoms with E-state index in [0.717, 1.165) is 23.3 Å². The van der Waals surface area contributed by atoms with Crippen LogP contribution in [-0.4, -0.2) is 5.91 Å². The number of carbonyl (C=O) groups excluding carboxylic acids is 1. The Morgan fingerprint density at radius 1 is 1.00 bits per heavy atom. The molecule has 0 saturated heterocycles. The summed E-state index contributed by atoms with van der Waals surface area (Å²) in [6.07, 6.45) is 0. The maximum Gasteiger partial charge on any atom is 0.255 e. The van der Waals surface area contributed by atoms with Gasteiger partial charge in [0.25, 0.3) is 5.91 Å². The van der Waals surface area contributed by atoms with Gasteiger partial charge in [-0.25, -0.2) is 8.78 Å². The highest BCUT2D eigenvalue weighted by molar-refractivity contribution is 6.05. The van der Waals surface area contributed by atoms with Gasteiger partial charge in [0.05, 0.1) is 0 Å². The molecule has 1 N–H and O–H groups in total. The van der Waals surface area contributed by atoms with Crippen molar-refractivity contribution in [3.05, 3.63) is 64.7 Å².